The first kappa shape index (κ1) is 54.7. The number of benzene rings is 6. The van der Waals surface area contributed by atoms with Gasteiger partial charge in [-0.3, -0.25) is 0 Å². The maximum Gasteiger partial charge on any atom is 0.573 e. The fraction of sp³-hybridized carbons (Fsp3) is 0.0833. The zero-order valence-corrected chi connectivity index (χ0v) is 46.9. The predicted molar refractivity (Wildman–Crippen MR) is 296 cm³/mol. The Morgan fingerprint density at radius 1 is 0.319 bits per heavy atom. The van der Waals surface area contributed by atoms with Gasteiger partial charge in [-0.05, 0) is 151 Å². The van der Waals surface area contributed by atoms with Gasteiger partial charge in [-0.1, -0.05) is 48.5 Å². The average molecular weight is 1530 g/mol. The van der Waals surface area contributed by atoms with E-state index in [2.05, 4.69) is 101 Å². The normalized spacial score (nSPS) is 12.2. The van der Waals surface area contributed by atoms with Crippen molar-refractivity contribution in [2.75, 3.05) is 0 Å². The molecule has 0 atom stereocenters. The van der Waals surface area contributed by atoms with Gasteiger partial charge in [-0.25, -0.2) is 0 Å². The summed E-state index contributed by atoms with van der Waals surface area (Å²) in [6, 6.07) is 30.8. The van der Waals surface area contributed by atoms with Crippen LogP contribution in [0, 0.1) is 5.77 Å². The molecule has 0 aliphatic carbocycles. The average Bonchev–Trinajstić information content (AvgIpc) is 4.12. The topological polar surface area (TPSA) is 36.9 Å². The van der Waals surface area contributed by atoms with Gasteiger partial charge in [0.1, 0.15) is 23.0 Å². The fourth-order valence-electron chi connectivity index (χ4n) is 7.79. The van der Waals surface area contributed by atoms with Gasteiger partial charge in [0.25, 0.3) is 0 Å². The van der Waals surface area contributed by atoms with E-state index in [1.165, 1.54) is 93.9 Å². The first-order chi connectivity index (χ1) is 34.0. The summed E-state index contributed by atoms with van der Waals surface area (Å²) in [4.78, 5) is 0. The van der Waals surface area contributed by atoms with Crippen LogP contribution in [0.1, 0.15) is 0 Å². The zero-order valence-electron chi connectivity index (χ0n) is 35.0. The van der Waals surface area contributed by atoms with Crippen LogP contribution < -0.4 is 18.9 Å². The van der Waals surface area contributed by atoms with Gasteiger partial charge in [-0.15, -0.1) is 98.0 Å². The number of rotatable bonds is 8. The van der Waals surface area contributed by atoms with Crippen molar-refractivity contribution >= 4 is 168 Å². The Bertz CT molecular complexity index is 3180. The minimum Gasteiger partial charge on any atom is -0.406 e. The molecule has 0 fully saturated rings. The van der Waals surface area contributed by atoms with E-state index in [1.54, 1.807) is 48.5 Å². The van der Waals surface area contributed by atoms with Crippen LogP contribution in [0.3, 0.4) is 0 Å². The standard InChI is InChI=1S/C24H10F6I2O2S2.C24H12F6O2S2.I2/c25-23(26,27)33-13-5-1-11(2-6-13)19-15-9-17(31)36-22(15)20(16-10-18(32)35-21(16)19)12-3-7-14(8-4-12)34-24(28,29)30;25-23(26,27)31-15-5-1-13(2-6-15)19-17-9-11-34-22(17)20(18-10-12-33-21(18)19)14-3-7-16(8-4-14)32-24(28,29)30;1-2/h1-10H;1-12H;. The molecule has 0 amide bonds. The zero-order chi connectivity index (χ0) is 51.9. The molecule has 0 saturated carbocycles. The lowest BCUT2D eigenvalue weighted by Gasteiger charge is -2.14. The SMILES string of the molecule is FC(F)(F)Oc1ccc(-c2c3cc(I)sc3c(-c3ccc(OC(F)(F)F)cc3)c3cc(I)sc23)cc1.FC(F)(F)Oc1ccc(-c2c3ccsc3c(-c3ccc(OC(F)(F)F)cc3)c3ccsc23)cc1.II. The molecule has 24 heteroatoms. The number of alkyl halides is 12. The van der Waals surface area contributed by atoms with E-state index in [-0.39, 0.29) is 23.0 Å². The number of fused-ring (bicyclic) bond motifs is 4. The molecule has 0 N–H and O–H groups in total. The molecule has 0 bridgehead atoms. The maximum atomic E-state index is 12.6. The number of halogens is 16. The summed E-state index contributed by atoms with van der Waals surface area (Å²) >= 11 is 14.7. The number of hydrogen-bond acceptors (Lipinski definition) is 8. The molecule has 6 aromatic carbocycles. The van der Waals surface area contributed by atoms with Crippen LogP contribution in [0.4, 0.5) is 52.7 Å². The second-order valence-corrected chi connectivity index (χ2v) is 22.4. The molecule has 374 valence electrons. The highest BCUT2D eigenvalue weighted by atomic mass is 128. The molecule has 10 aromatic rings. The summed E-state index contributed by atoms with van der Waals surface area (Å²) in [5.41, 5.74) is 6.43. The Morgan fingerprint density at radius 3 is 0.792 bits per heavy atom. The first-order valence-electron chi connectivity index (χ1n) is 19.8. The Labute approximate surface area is 465 Å². The smallest absolute Gasteiger partial charge is 0.406 e. The highest BCUT2D eigenvalue weighted by Crippen LogP contribution is 2.51. The van der Waals surface area contributed by atoms with Gasteiger partial charge >= 0.3 is 25.4 Å². The second kappa shape index (κ2) is 22.0. The third kappa shape index (κ3) is 12.9. The van der Waals surface area contributed by atoms with Crippen LogP contribution in [0.2, 0.25) is 0 Å². The Hall–Kier alpha value is -3.56. The van der Waals surface area contributed by atoms with Crippen molar-refractivity contribution in [3.63, 3.8) is 0 Å². The summed E-state index contributed by atoms with van der Waals surface area (Å²) in [6.07, 6.45) is -19.1. The van der Waals surface area contributed by atoms with Gasteiger partial charge in [0.2, 0.25) is 0 Å². The number of hydrogen-bond donors (Lipinski definition) is 0. The molecule has 10 rings (SSSR count). The molecule has 0 aliphatic heterocycles. The van der Waals surface area contributed by atoms with E-state index in [1.807, 2.05) is 35.0 Å². The van der Waals surface area contributed by atoms with Gasteiger partial charge in [-0.2, -0.15) is 0 Å². The molecule has 4 nitrogen and oxygen atoms in total. The predicted octanol–water partition coefficient (Wildman–Crippen LogP) is 21.5. The lowest BCUT2D eigenvalue weighted by molar-refractivity contribution is -0.275. The highest BCUT2D eigenvalue weighted by Gasteiger charge is 2.34. The van der Waals surface area contributed by atoms with Crippen LogP contribution in [0.25, 0.3) is 84.9 Å². The quantitative estimate of drug-likeness (QED) is 0.112. The summed E-state index contributed by atoms with van der Waals surface area (Å²) in [6.45, 7) is 0. The lowest BCUT2D eigenvalue weighted by atomic mass is 9.94. The minimum atomic E-state index is -4.78. The van der Waals surface area contributed by atoms with Crippen LogP contribution in [-0.4, -0.2) is 25.4 Å². The summed E-state index contributed by atoms with van der Waals surface area (Å²) in [7, 11) is 0. The molecule has 72 heavy (non-hydrogen) atoms. The lowest BCUT2D eigenvalue weighted by Crippen LogP contribution is -2.16. The van der Waals surface area contributed by atoms with Crippen molar-refractivity contribution in [3.05, 3.63) is 138 Å². The summed E-state index contributed by atoms with van der Waals surface area (Å²) in [5.74, 6) is -1.23. The van der Waals surface area contributed by atoms with E-state index in [0.29, 0.717) is 0 Å². The Kier molecular flexibility index (Phi) is 16.7. The van der Waals surface area contributed by atoms with Crippen LogP contribution in [0.5, 0.6) is 23.0 Å². The van der Waals surface area contributed by atoms with E-state index >= 15 is 0 Å². The highest BCUT2D eigenvalue weighted by molar-refractivity contribution is 15.0. The first-order valence-corrected chi connectivity index (χ1v) is 31.6. The molecule has 0 spiro atoms. The molecule has 0 aliphatic rings. The van der Waals surface area contributed by atoms with E-state index < -0.39 is 25.4 Å². The Morgan fingerprint density at radius 2 is 0.556 bits per heavy atom. The van der Waals surface area contributed by atoms with Crippen molar-refractivity contribution in [2.24, 2.45) is 0 Å². The van der Waals surface area contributed by atoms with Crippen molar-refractivity contribution < 1.29 is 71.6 Å². The third-order valence-corrected chi connectivity index (χ3v) is 15.9. The third-order valence-electron chi connectivity index (χ3n) is 10.2. The molecule has 0 radical (unpaired) electrons. The van der Waals surface area contributed by atoms with Crippen LogP contribution in [0.15, 0.2) is 132 Å². The second-order valence-electron chi connectivity index (χ2n) is 14.7. The monoisotopic (exact) mass is 1530 g/mol. The van der Waals surface area contributed by atoms with Crippen LogP contribution in [-0.2, 0) is 0 Å². The van der Waals surface area contributed by atoms with Crippen LogP contribution >= 0.6 is 128 Å². The molecule has 4 heterocycles. The largest absolute Gasteiger partial charge is 0.573 e. The summed E-state index contributed by atoms with van der Waals surface area (Å²) < 4.78 is 173. The van der Waals surface area contributed by atoms with E-state index in [0.717, 1.165) is 90.6 Å². The van der Waals surface area contributed by atoms with Crippen molar-refractivity contribution in [2.45, 2.75) is 25.4 Å². The van der Waals surface area contributed by atoms with E-state index in [4.69, 9.17) is 0 Å². The van der Waals surface area contributed by atoms with Gasteiger partial charge in [0, 0.05) is 99.8 Å². The maximum absolute atomic E-state index is 12.6. The minimum absolute atomic E-state index is 0.307. The molecule has 0 unspecified atom stereocenters. The number of thiophene rings is 4. The van der Waals surface area contributed by atoms with Gasteiger partial charge in [0.15, 0.2) is 0 Å². The van der Waals surface area contributed by atoms with Crippen molar-refractivity contribution in [1.29, 1.82) is 0 Å². The number of ether oxygens (including phenoxy) is 4. The molecule has 0 saturated heterocycles. The van der Waals surface area contributed by atoms with E-state index in [9.17, 15) is 52.7 Å². The fourth-order valence-corrected chi connectivity index (χ4v) is 13.6. The van der Waals surface area contributed by atoms with Crippen molar-refractivity contribution in [1.82, 2.24) is 0 Å². The Balaban J connectivity index is 0.000000187. The molecular weight excluding hydrogens is 1500 g/mol. The van der Waals surface area contributed by atoms with Crippen molar-refractivity contribution in [3.8, 4) is 67.5 Å². The summed E-state index contributed by atoms with van der Waals surface area (Å²) in [5, 5.41) is 7.42. The van der Waals surface area contributed by atoms with Gasteiger partial charge < -0.3 is 18.9 Å². The molecule has 4 aromatic heterocycles. The van der Waals surface area contributed by atoms with Gasteiger partial charge in [0.05, 0.1) is 5.77 Å². The molecular formula is C48H22F12I4O4S4.